The molecule has 3 amide bonds. The quantitative estimate of drug-likeness (QED) is 0.166. The van der Waals surface area contributed by atoms with Crippen molar-refractivity contribution in [3.8, 4) is 0 Å². The number of piperazine rings is 1. The normalized spacial score (nSPS) is 18.0. The van der Waals surface area contributed by atoms with E-state index >= 15 is 0 Å². The summed E-state index contributed by atoms with van der Waals surface area (Å²) in [5, 5.41) is 21.0. The number of rotatable bonds is 13. The average Bonchev–Trinajstić information content (AvgIpc) is 3.12. The van der Waals surface area contributed by atoms with Gasteiger partial charge in [0.1, 0.15) is 6.04 Å². The van der Waals surface area contributed by atoms with Gasteiger partial charge in [0, 0.05) is 37.3 Å². The van der Waals surface area contributed by atoms with E-state index in [4.69, 9.17) is 0 Å². The number of aliphatic hydroxyl groups excluding tert-OH is 1. The molecule has 1 heterocycles. The van der Waals surface area contributed by atoms with Crippen LogP contribution in [0, 0.1) is 0 Å². The summed E-state index contributed by atoms with van der Waals surface area (Å²) >= 11 is 0. The monoisotopic (exact) mass is 711 g/mol. The molecular weight excluding hydrogens is 667 g/mol. The van der Waals surface area contributed by atoms with E-state index < -0.39 is 40.0 Å². The van der Waals surface area contributed by atoms with Crippen LogP contribution in [0.1, 0.15) is 57.3 Å². The lowest BCUT2D eigenvalue weighted by Crippen LogP contribution is -2.66. The SMILES string of the molecule is CC1CN(Cc2ccccc2)C(=O)C([C@@H](O)[C@H](Cc2ccccc2)NC(=O)c2cc(C(=O)N[C@H](C)c3ccccc3)cc(N(C)S(C)(=O)=O)c2)N1. The van der Waals surface area contributed by atoms with Crippen LogP contribution in [0.2, 0.25) is 0 Å². The molecule has 5 atom stereocenters. The van der Waals surface area contributed by atoms with Gasteiger partial charge < -0.3 is 20.6 Å². The molecule has 5 rings (SSSR count). The summed E-state index contributed by atoms with van der Waals surface area (Å²) in [6.07, 6.45) is -0.129. The van der Waals surface area contributed by atoms with Gasteiger partial charge in [-0.05, 0) is 55.2 Å². The standard InChI is InChI=1S/C39H45N5O6S/c1-26-24-44(25-29-16-10-6-11-17-29)39(48)35(40-26)36(45)34(20-28-14-8-5-9-15-28)42-38(47)32-21-31(22-33(23-32)43(3)51(4,49)50)37(46)41-27(2)30-18-12-7-13-19-30/h5-19,21-23,26-27,34-36,40,45H,20,24-25H2,1-4H3,(H,41,46)(H,42,47)/t26?,27-,34+,35?,36+/m1/s1. The third-order valence-electron chi connectivity index (χ3n) is 9.07. The molecule has 4 N–H and O–H groups in total. The summed E-state index contributed by atoms with van der Waals surface area (Å²) in [5.74, 6) is -1.45. The Morgan fingerprint density at radius 2 is 1.41 bits per heavy atom. The Hall–Kier alpha value is -5.04. The molecule has 1 aliphatic heterocycles. The van der Waals surface area contributed by atoms with Crippen LogP contribution in [-0.4, -0.2) is 80.2 Å². The molecule has 268 valence electrons. The topological polar surface area (TPSA) is 148 Å². The number of hydrogen-bond donors (Lipinski definition) is 4. The number of carbonyl (C=O) groups is 3. The molecule has 2 unspecified atom stereocenters. The van der Waals surface area contributed by atoms with Crippen LogP contribution in [-0.2, 0) is 27.8 Å². The Morgan fingerprint density at radius 1 is 0.882 bits per heavy atom. The number of aliphatic hydroxyl groups is 1. The van der Waals surface area contributed by atoms with Gasteiger partial charge >= 0.3 is 0 Å². The Balaban J connectivity index is 1.45. The maximum atomic E-state index is 14.1. The van der Waals surface area contributed by atoms with E-state index in [1.54, 1.807) is 4.90 Å². The molecule has 11 nitrogen and oxygen atoms in total. The van der Waals surface area contributed by atoms with Gasteiger partial charge in [-0.3, -0.25) is 24.0 Å². The van der Waals surface area contributed by atoms with Gasteiger partial charge in [0.2, 0.25) is 15.9 Å². The predicted molar refractivity (Wildman–Crippen MR) is 198 cm³/mol. The summed E-state index contributed by atoms with van der Waals surface area (Å²) in [6.45, 7) is 4.58. The average molecular weight is 712 g/mol. The Labute approximate surface area is 299 Å². The Morgan fingerprint density at radius 3 is 1.98 bits per heavy atom. The second kappa shape index (κ2) is 16.3. The van der Waals surface area contributed by atoms with E-state index in [2.05, 4.69) is 16.0 Å². The smallest absolute Gasteiger partial charge is 0.251 e. The molecule has 1 aliphatic rings. The highest BCUT2D eigenvalue weighted by Crippen LogP contribution is 2.23. The first kappa shape index (κ1) is 37.2. The number of carbonyl (C=O) groups excluding carboxylic acids is 3. The molecule has 51 heavy (non-hydrogen) atoms. The molecule has 4 aromatic carbocycles. The van der Waals surface area contributed by atoms with Crippen LogP contribution in [0.15, 0.2) is 109 Å². The first-order valence-corrected chi connectivity index (χ1v) is 18.7. The molecular formula is C39H45N5O6S. The van der Waals surface area contributed by atoms with Crippen molar-refractivity contribution in [1.82, 2.24) is 20.9 Å². The van der Waals surface area contributed by atoms with Crippen molar-refractivity contribution < 1.29 is 27.9 Å². The number of nitrogens with one attached hydrogen (secondary N) is 3. The minimum atomic E-state index is -3.76. The minimum Gasteiger partial charge on any atom is -0.389 e. The van der Waals surface area contributed by atoms with Crippen molar-refractivity contribution in [2.45, 2.75) is 57.1 Å². The lowest BCUT2D eigenvalue weighted by Gasteiger charge is -2.41. The third kappa shape index (κ3) is 9.60. The van der Waals surface area contributed by atoms with Crippen molar-refractivity contribution in [3.05, 3.63) is 137 Å². The third-order valence-corrected chi connectivity index (χ3v) is 10.3. The summed E-state index contributed by atoms with van der Waals surface area (Å²) in [5.41, 5.74) is 2.84. The lowest BCUT2D eigenvalue weighted by atomic mass is 9.93. The second-order valence-electron chi connectivity index (χ2n) is 13.1. The van der Waals surface area contributed by atoms with E-state index in [1.165, 1.54) is 25.2 Å². The maximum Gasteiger partial charge on any atom is 0.251 e. The van der Waals surface area contributed by atoms with Gasteiger partial charge in [0.15, 0.2) is 0 Å². The van der Waals surface area contributed by atoms with Crippen LogP contribution in [0.3, 0.4) is 0 Å². The van der Waals surface area contributed by atoms with E-state index in [1.807, 2.05) is 105 Å². The fraction of sp³-hybridized carbons (Fsp3) is 0.308. The van der Waals surface area contributed by atoms with Gasteiger partial charge in [-0.15, -0.1) is 0 Å². The van der Waals surface area contributed by atoms with Crippen molar-refractivity contribution in [2.24, 2.45) is 0 Å². The summed E-state index contributed by atoms with van der Waals surface area (Å²) in [7, 11) is -2.42. The van der Waals surface area contributed by atoms with E-state index in [0.717, 1.165) is 27.3 Å². The van der Waals surface area contributed by atoms with Crippen LogP contribution in [0.4, 0.5) is 5.69 Å². The van der Waals surface area contributed by atoms with E-state index in [-0.39, 0.29) is 41.2 Å². The largest absolute Gasteiger partial charge is 0.389 e. The molecule has 0 aliphatic carbocycles. The number of hydrogen-bond acceptors (Lipinski definition) is 7. The number of benzene rings is 4. The predicted octanol–water partition coefficient (Wildman–Crippen LogP) is 3.66. The number of amides is 3. The molecule has 0 bridgehead atoms. The van der Waals surface area contributed by atoms with E-state index in [0.29, 0.717) is 13.1 Å². The summed E-state index contributed by atoms with van der Waals surface area (Å²) in [4.78, 5) is 43.2. The first-order valence-electron chi connectivity index (χ1n) is 16.9. The molecule has 0 saturated carbocycles. The van der Waals surface area contributed by atoms with Gasteiger partial charge in [-0.2, -0.15) is 0 Å². The fourth-order valence-corrected chi connectivity index (χ4v) is 6.69. The fourth-order valence-electron chi connectivity index (χ4n) is 6.20. The van der Waals surface area contributed by atoms with Crippen LogP contribution in [0.5, 0.6) is 0 Å². The number of nitrogens with zero attached hydrogens (tertiary/aromatic N) is 2. The molecule has 12 heteroatoms. The van der Waals surface area contributed by atoms with Gasteiger partial charge in [-0.25, -0.2) is 8.42 Å². The minimum absolute atomic E-state index is 0.00720. The van der Waals surface area contributed by atoms with Crippen molar-refractivity contribution >= 4 is 33.4 Å². The Kier molecular flexibility index (Phi) is 11.9. The lowest BCUT2D eigenvalue weighted by molar-refractivity contribution is -0.141. The molecule has 0 radical (unpaired) electrons. The zero-order valence-electron chi connectivity index (χ0n) is 29.2. The molecule has 4 aromatic rings. The second-order valence-corrected chi connectivity index (χ2v) is 15.1. The van der Waals surface area contributed by atoms with Gasteiger partial charge in [0.05, 0.1) is 30.1 Å². The molecule has 0 aromatic heterocycles. The van der Waals surface area contributed by atoms with Crippen molar-refractivity contribution in [1.29, 1.82) is 0 Å². The highest BCUT2D eigenvalue weighted by molar-refractivity contribution is 7.92. The van der Waals surface area contributed by atoms with Gasteiger partial charge in [-0.1, -0.05) is 91.0 Å². The Bertz CT molecular complexity index is 1930. The van der Waals surface area contributed by atoms with Crippen molar-refractivity contribution in [3.63, 3.8) is 0 Å². The first-order chi connectivity index (χ1) is 24.3. The van der Waals surface area contributed by atoms with Crippen LogP contribution >= 0.6 is 0 Å². The highest BCUT2D eigenvalue weighted by Gasteiger charge is 2.40. The number of sulfonamides is 1. The van der Waals surface area contributed by atoms with Crippen LogP contribution < -0.4 is 20.3 Å². The highest BCUT2D eigenvalue weighted by atomic mass is 32.2. The maximum absolute atomic E-state index is 14.1. The molecule has 1 saturated heterocycles. The van der Waals surface area contributed by atoms with Crippen molar-refractivity contribution in [2.75, 3.05) is 24.2 Å². The summed E-state index contributed by atoms with van der Waals surface area (Å²) < 4.78 is 26.1. The summed E-state index contributed by atoms with van der Waals surface area (Å²) in [6, 6.07) is 29.9. The molecule has 0 spiro atoms. The van der Waals surface area contributed by atoms with Crippen LogP contribution in [0.25, 0.3) is 0 Å². The molecule has 1 fully saturated rings. The van der Waals surface area contributed by atoms with E-state index in [9.17, 15) is 27.9 Å². The number of anilines is 1. The van der Waals surface area contributed by atoms with Gasteiger partial charge in [0.25, 0.3) is 11.8 Å². The zero-order chi connectivity index (χ0) is 36.7. The zero-order valence-corrected chi connectivity index (χ0v) is 30.0.